The molecule has 0 aliphatic carbocycles. The molecule has 2 aromatic rings. The lowest BCUT2D eigenvalue weighted by molar-refractivity contribution is -0.141. The van der Waals surface area contributed by atoms with Gasteiger partial charge in [0.25, 0.3) is 0 Å². The summed E-state index contributed by atoms with van der Waals surface area (Å²) in [7, 11) is -2.07. The molecule has 0 saturated carbocycles. The van der Waals surface area contributed by atoms with Gasteiger partial charge in [-0.2, -0.15) is 0 Å². The van der Waals surface area contributed by atoms with E-state index in [1.165, 1.54) is 11.4 Å². The van der Waals surface area contributed by atoms with Gasteiger partial charge in [0.05, 0.1) is 19.1 Å². The molecule has 10 heteroatoms. The maximum absolute atomic E-state index is 13.4. The van der Waals surface area contributed by atoms with Crippen molar-refractivity contribution in [2.75, 3.05) is 30.8 Å². The number of amides is 2. The maximum Gasteiger partial charge on any atom is 0.242 e. The lowest BCUT2D eigenvalue weighted by atomic mass is 10.1. The molecule has 0 bridgehead atoms. The summed E-state index contributed by atoms with van der Waals surface area (Å²) in [5, 5.41) is 3.53. The number of unbranched alkanes of at least 4 members (excludes halogenated alkanes) is 1. The zero-order valence-electron chi connectivity index (χ0n) is 22.1. The second-order valence-electron chi connectivity index (χ2n) is 8.86. The standard InChI is InChI=1S/C27H38ClN3O5S/c1-5-7-17-29-27(33)25(6-2)30(20-21-13-15-22(28)16-14-21)26(32)12-9-18-31(37(4,34)35)23-10-8-11-24(19-23)36-3/h8,10-11,13-16,19,25H,5-7,9,12,17-18,20H2,1-4H3,(H,29,33)/t25-/m0/s1. The fourth-order valence-electron chi connectivity index (χ4n) is 3.98. The fourth-order valence-corrected chi connectivity index (χ4v) is 5.06. The Morgan fingerprint density at radius 1 is 1.08 bits per heavy atom. The van der Waals surface area contributed by atoms with E-state index in [9.17, 15) is 18.0 Å². The predicted molar refractivity (Wildman–Crippen MR) is 148 cm³/mol. The number of rotatable bonds is 15. The van der Waals surface area contributed by atoms with Crippen molar-refractivity contribution >= 4 is 39.1 Å². The molecule has 0 unspecified atom stereocenters. The third-order valence-electron chi connectivity index (χ3n) is 5.98. The SMILES string of the molecule is CCCCNC(=O)[C@H](CC)N(Cc1ccc(Cl)cc1)C(=O)CCCN(c1cccc(OC)c1)S(C)(=O)=O. The van der Waals surface area contributed by atoms with Crippen LogP contribution in [0.2, 0.25) is 5.02 Å². The Hall–Kier alpha value is -2.78. The average Bonchev–Trinajstić information content (AvgIpc) is 2.87. The molecule has 2 rings (SSSR count). The number of carbonyl (C=O) groups is 2. The molecule has 2 aromatic carbocycles. The Kier molecular flexibility index (Phi) is 12.2. The number of halogens is 1. The zero-order chi connectivity index (χ0) is 27.4. The summed E-state index contributed by atoms with van der Waals surface area (Å²) in [6, 6.07) is 13.3. The van der Waals surface area contributed by atoms with Gasteiger partial charge in [-0.15, -0.1) is 0 Å². The molecule has 1 atom stereocenters. The van der Waals surface area contributed by atoms with Crippen LogP contribution in [0, 0.1) is 0 Å². The molecule has 0 aliphatic heterocycles. The molecule has 1 N–H and O–H groups in total. The number of sulfonamides is 1. The van der Waals surface area contributed by atoms with Crippen LogP contribution >= 0.6 is 11.6 Å². The number of benzene rings is 2. The third kappa shape index (κ3) is 9.55. The highest BCUT2D eigenvalue weighted by Gasteiger charge is 2.28. The zero-order valence-corrected chi connectivity index (χ0v) is 23.6. The van der Waals surface area contributed by atoms with E-state index in [0.717, 1.165) is 24.7 Å². The average molecular weight is 552 g/mol. The van der Waals surface area contributed by atoms with Gasteiger partial charge in [0, 0.05) is 37.1 Å². The number of carbonyl (C=O) groups excluding carboxylic acids is 2. The molecule has 0 saturated heterocycles. The molecule has 204 valence electrons. The van der Waals surface area contributed by atoms with Crippen molar-refractivity contribution in [1.29, 1.82) is 0 Å². The minimum atomic E-state index is -3.58. The molecule has 0 aromatic heterocycles. The van der Waals surface area contributed by atoms with E-state index < -0.39 is 16.1 Å². The highest BCUT2D eigenvalue weighted by atomic mass is 35.5. The van der Waals surface area contributed by atoms with E-state index in [1.54, 1.807) is 41.3 Å². The van der Waals surface area contributed by atoms with Crippen molar-refractivity contribution in [2.45, 2.75) is 58.5 Å². The van der Waals surface area contributed by atoms with Crippen LogP contribution in [0.4, 0.5) is 5.69 Å². The second-order valence-corrected chi connectivity index (χ2v) is 11.2. The van der Waals surface area contributed by atoms with E-state index in [4.69, 9.17) is 16.3 Å². The van der Waals surface area contributed by atoms with Crippen LogP contribution in [0.1, 0.15) is 51.5 Å². The molecule has 37 heavy (non-hydrogen) atoms. The van der Waals surface area contributed by atoms with Crippen LogP contribution in [-0.2, 0) is 26.2 Å². The van der Waals surface area contributed by atoms with Crippen LogP contribution in [0.15, 0.2) is 48.5 Å². The number of anilines is 1. The summed E-state index contributed by atoms with van der Waals surface area (Å²) in [4.78, 5) is 28.0. The van der Waals surface area contributed by atoms with E-state index in [2.05, 4.69) is 5.32 Å². The molecule has 0 aliphatic rings. The second kappa shape index (κ2) is 14.8. The van der Waals surface area contributed by atoms with Crippen LogP contribution < -0.4 is 14.4 Å². The number of methoxy groups -OCH3 is 1. The molecule has 8 nitrogen and oxygen atoms in total. The summed E-state index contributed by atoms with van der Waals surface area (Å²) in [6.07, 6.45) is 3.77. The first-order valence-electron chi connectivity index (χ1n) is 12.5. The molecule has 0 fully saturated rings. The van der Waals surface area contributed by atoms with Gasteiger partial charge < -0.3 is 15.0 Å². The predicted octanol–water partition coefficient (Wildman–Crippen LogP) is 4.62. The Morgan fingerprint density at radius 2 is 1.78 bits per heavy atom. The van der Waals surface area contributed by atoms with Crippen LogP contribution in [0.25, 0.3) is 0 Å². The molecule has 2 amide bonds. The molecule has 0 spiro atoms. The Bertz CT molecular complexity index is 1130. The highest BCUT2D eigenvalue weighted by molar-refractivity contribution is 7.92. The monoisotopic (exact) mass is 551 g/mol. The Labute approximate surface area is 226 Å². The number of nitrogens with one attached hydrogen (secondary N) is 1. The summed E-state index contributed by atoms with van der Waals surface area (Å²) < 4.78 is 31.5. The summed E-state index contributed by atoms with van der Waals surface area (Å²) >= 11 is 6.02. The first-order chi connectivity index (χ1) is 17.6. The van der Waals surface area contributed by atoms with Gasteiger partial charge in [-0.05, 0) is 49.1 Å². The van der Waals surface area contributed by atoms with Gasteiger partial charge in [0.15, 0.2) is 0 Å². The van der Waals surface area contributed by atoms with Crippen LogP contribution in [0.3, 0.4) is 0 Å². The number of hydrogen-bond acceptors (Lipinski definition) is 5. The number of ether oxygens (including phenoxy) is 1. The first kappa shape index (κ1) is 30.4. The summed E-state index contributed by atoms with van der Waals surface area (Å²) in [6.45, 7) is 4.84. The molecular weight excluding hydrogens is 514 g/mol. The normalized spacial score (nSPS) is 12.0. The van der Waals surface area contributed by atoms with Crippen molar-refractivity contribution in [3.8, 4) is 5.75 Å². The van der Waals surface area contributed by atoms with Crippen molar-refractivity contribution in [3.05, 3.63) is 59.1 Å². The molecule has 0 heterocycles. The topological polar surface area (TPSA) is 96.0 Å². The molecular formula is C27H38ClN3O5S. The quantitative estimate of drug-likeness (QED) is 0.326. The Morgan fingerprint density at radius 3 is 2.38 bits per heavy atom. The van der Waals surface area contributed by atoms with Crippen molar-refractivity contribution in [1.82, 2.24) is 10.2 Å². The lowest BCUT2D eigenvalue weighted by Crippen LogP contribution is -2.49. The lowest BCUT2D eigenvalue weighted by Gasteiger charge is -2.31. The van der Waals surface area contributed by atoms with Crippen LogP contribution in [-0.4, -0.2) is 57.6 Å². The van der Waals surface area contributed by atoms with Crippen molar-refractivity contribution in [2.24, 2.45) is 0 Å². The maximum atomic E-state index is 13.4. The van der Waals surface area contributed by atoms with Gasteiger partial charge >= 0.3 is 0 Å². The van der Waals surface area contributed by atoms with Gasteiger partial charge in [0.1, 0.15) is 11.8 Å². The van der Waals surface area contributed by atoms with E-state index in [1.807, 2.05) is 26.0 Å². The summed E-state index contributed by atoms with van der Waals surface area (Å²) in [5.74, 6) is 0.134. The van der Waals surface area contributed by atoms with Crippen molar-refractivity contribution < 1.29 is 22.7 Å². The van der Waals surface area contributed by atoms with Crippen LogP contribution in [0.5, 0.6) is 5.75 Å². The number of nitrogens with zero attached hydrogens (tertiary/aromatic N) is 2. The van der Waals surface area contributed by atoms with Gasteiger partial charge in [-0.3, -0.25) is 13.9 Å². The summed E-state index contributed by atoms with van der Waals surface area (Å²) in [5.41, 5.74) is 1.32. The van der Waals surface area contributed by atoms with E-state index in [-0.39, 0.29) is 37.7 Å². The minimum absolute atomic E-state index is 0.0856. The van der Waals surface area contributed by atoms with Gasteiger partial charge in [-0.25, -0.2) is 8.42 Å². The molecule has 0 radical (unpaired) electrons. The first-order valence-corrected chi connectivity index (χ1v) is 14.8. The van der Waals surface area contributed by atoms with Gasteiger partial charge in [-0.1, -0.05) is 50.1 Å². The van der Waals surface area contributed by atoms with Gasteiger partial charge in [0.2, 0.25) is 21.8 Å². The smallest absolute Gasteiger partial charge is 0.242 e. The largest absolute Gasteiger partial charge is 0.497 e. The van der Waals surface area contributed by atoms with Crippen molar-refractivity contribution in [3.63, 3.8) is 0 Å². The Balaban J connectivity index is 2.20. The fraction of sp³-hybridized carbons (Fsp3) is 0.481. The van der Waals surface area contributed by atoms with E-state index >= 15 is 0 Å². The number of hydrogen-bond donors (Lipinski definition) is 1. The minimum Gasteiger partial charge on any atom is -0.497 e. The highest BCUT2D eigenvalue weighted by Crippen LogP contribution is 2.24. The third-order valence-corrected chi connectivity index (χ3v) is 7.42. The van der Waals surface area contributed by atoms with E-state index in [0.29, 0.717) is 29.4 Å².